The highest BCUT2D eigenvalue weighted by Gasteiger charge is 2.31. The van der Waals surface area contributed by atoms with E-state index in [-0.39, 0.29) is 0 Å². The molecule has 0 amide bonds. The Morgan fingerprint density at radius 2 is 0.347 bits per heavy atom. The summed E-state index contributed by atoms with van der Waals surface area (Å²) in [7, 11) is 0. The van der Waals surface area contributed by atoms with E-state index in [2.05, 4.69) is 549 Å². The van der Waals surface area contributed by atoms with Crippen LogP contribution in [0, 0.1) is 0 Å². The van der Waals surface area contributed by atoms with Crippen molar-refractivity contribution < 1.29 is 0 Å². The van der Waals surface area contributed by atoms with Crippen molar-refractivity contribution in [2.24, 2.45) is 0 Å². The lowest BCUT2D eigenvalue weighted by Crippen LogP contribution is -2.01. The average molecular weight is 1910 g/mol. The molecule has 30 aromatic rings. The Morgan fingerprint density at radius 3 is 0.667 bits per heavy atom. The molecule has 9 aromatic heterocycles. The van der Waals surface area contributed by atoms with Crippen LogP contribution in [0.2, 0.25) is 0 Å². The van der Waals surface area contributed by atoms with Gasteiger partial charge in [-0.1, -0.05) is 400 Å². The van der Waals surface area contributed by atoms with E-state index in [1.807, 2.05) is 6.20 Å². The van der Waals surface area contributed by atoms with Gasteiger partial charge < -0.3 is 13.7 Å². The largest absolute Gasteiger partial charge is 0.308 e. The molecule has 0 saturated heterocycles. The molecule has 0 atom stereocenters. The first-order chi connectivity index (χ1) is 74.5. The average Bonchev–Trinajstić information content (AvgIpc) is 1.51. The van der Waals surface area contributed by atoms with E-state index in [4.69, 9.17) is 15.0 Å². The first-order valence-corrected chi connectivity index (χ1v) is 51.4. The first kappa shape index (κ1) is 84.4. The summed E-state index contributed by atoms with van der Waals surface area (Å²) < 4.78 is 14.0. The molecule has 0 N–H and O–H groups in total. The molecule has 696 valence electrons. The van der Waals surface area contributed by atoms with Gasteiger partial charge in [0.2, 0.25) is 0 Å². The second-order valence-corrected chi connectivity index (χ2v) is 39.4. The van der Waals surface area contributed by atoms with Crippen LogP contribution in [0.5, 0.6) is 0 Å². The molecule has 0 unspecified atom stereocenters. The third-order valence-electron chi connectivity index (χ3n) is 31.6. The SMILES string of the molecule is c1ccc2c(c1)-c1ccccc1-c1ccc(-n3c4ccccc4c4cc(-n5c6ccccc6c6ccccc65)cnc43)cc1-c1ccccc1-2.c1ccc2c(c1)-c1ccccc1-c1ccc(-n3c4ccccc4c4cc(-n5c6ccccc6c6ccccc65)ncc43)cc1-c1ccccc1-2.c1ccc2c(c1)-c1ccccc1-c1ccc(-n3c4ccccc4c4nc(-n5c6ccccc6c6ccccc65)ccc43)cc1-c1ccccc1-2. The molecule has 0 spiro atoms. The summed E-state index contributed by atoms with van der Waals surface area (Å²) in [6.07, 6.45) is 4.09. The van der Waals surface area contributed by atoms with Crippen molar-refractivity contribution >= 4 is 131 Å². The molecule has 0 radical (unpaired) electrons. The standard InChI is InChI=1S/3C47H29N3/c1-2-14-32-31(13-1)33-15-3-4-17-35(33)37-26-25-30(27-41(37)36-18-6-5-16-34(32)36)49-43-22-10-9-21-40(43)42-28-47(48-29-46(42)49)50-44-23-11-7-19-38(44)39-20-8-12-24-45(39)50;1-2-14-33-32(13-1)34-15-3-4-17-36(34)38-26-25-30(27-42(38)37-18-6-5-16-35(33)37)50-46-24-12-9-21-41(46)43-28-31(29-48-47(43)50)49-44-22-10-7-19-39(44)40-20-8-11-23-45(40)49;1-2-14-32-31(13-1)33-15-3-4-17-35(33)37-26-25-30(29-41(37)36-18-6-5-16-34(32)36)49-44-24-12-9-21-40(44)47-45(49)27-28-46(48-47)50-42-22-10-7-19-38(42)39-20-8-11-23-43(39)50/h3*1-29H. The third-order valence-corrected chi connectivity index (χ3v) is 31.6. The molecule has 9 heterocycles. The Bertz CT molecular complexity index is 9780. The van der Waals surface area contributed by atoms with Gasteiger partial charge in [0, 0.05) is 76.3 Å². The van der Waals surface area contributed by atoms with Gasteiger partial charge in [0.05, 0.1) is 84.3 Å². The number of fused-ring (bicyclic) bond motifs is 42. The lowest BCUT2D eigenvalue weighted by atomic mass is 9.81. The van der Waals surface area contributed by atoms with Crippen molar-refractivity contribution in [1.29, 1.82) is 0 Å². The molecule has 9 nitrogen and oxygen atoms in total. The molecule has 0 fully saturated rings. The van der Waals surface area contributed by atoms with E-state index in [1.165, 1.54) is 193 Å². The summed E-state index contributed by atoms with van der Waals surface area (Å²) in [5.74, 6) is 1.83. The lowest BCUT2D eigenvalue weighted by molar-refractivity contribution is 1.08. The maximum absolute atomic E-state index is 5.44. The van der Waals surface area contributed by atoms with Gasteiger partial charge in [-0.15, -0.1) is 0 Å². The minimum Gasteiger partial charge on any atom is -0.308 e. The fraction of sp³-hybridized carbons (Fsp3) is 0. The molecule has 9 heteroatoms. The predicted molar refractivity (Wildman–Crippen MR) is 625 cm³/mol. The highest BCUT2D eigenvalue weighted by molar-refractivity contribution is 6.18. The maximum Gasteiger partial charge on any atom is 0.145 e. The van der Waals surface area contributed by atoms with Crippen molar-refractivity contribution in [3.05, 3.63) is 528 Å². The van der Waals surface area contributed by atoms with Gasteiger partial charge in [-0.3, -0.25) is 13.7 Å². The molecule has 0 saturated carbocycles. The maximum atomic E-state index is 5.44. The molecule has 33 rings (SSSR count). The van der Waals surface area contributed by atoms with Crippen molar-refractivity contribution in [1.82, 2.24) is 42.4 Å². The van der Waals surface area contributed by atoms with Gasteiger partial charge in [-0.2, -0.15) is 0 Å². The van der Waals surface area contributed by atoms with Crippen LogP contribution in [-0.4, -0.2) is 42.4 Å². The number of rotatable bonds is 6. The van der Waals surface area contributed by atoms with E-state index >= 15 is 0 Å². The van der Waals surface area contributed by atoms with E-state index in [9.17, 15) is 0 Å². The lowest BCUT2D eigenvalue weighted by Gasteiger charge is -2.23. The number of hydrogen-bond acceptors (Lipinski definition) is 3. The molecule has 0 aliphatic heterocycles. The highest BCUT2D eigenvalue weighted by Crippen LogP contribution is 2.55. The summed E-state index contributed by atoms with van der Waals surface area (Å²) in [6.45, 7) is 0. The number of aromatic nitrogens is 9. The van der Waals surface area contributed by atoms with Crippen LogP contribution < -0.4 is 0 Å². The number of hydrogen-bond donors (Lipinski definition) is 0. The second-order valence-electron chi connectivity index (χ2n) is 39.4. The monoisotopic (exact) mass is 1910 g/mol. The molecule has 0 bridgehead atoms. The predicted octanol–water partition coefficient (Wildman–Crippen LogP) is 36.8. The van der Waals surface area contributed by atoms with Crippen molar-refractivity contribution in [3.63, 3.8) is 0 Å². The number of para-hydroxylation sites is 9. The zero-order valence-corrected chi connectivity index (χ0v) is 81.3. The normalized spacial score (nSPS) is 12.0. The molecule has 3 aliphatic rings. The third kappa shape index (κ3) is 12.9. The van der Waals surface area contributed by atoms with Gasteiger partial charge in [-0.05, 0) is 249 Å². The van der Waals surface area contributed by atoms with E-state index in [0.29, 0.717) is 0 Å². The van der Waals surface area contributed by atoms with Crippen molar-refractivity contribution in [2.75, 3.05) is 0 Å². The Morgan fingerprint density at radius 1 is 0.120 bits per heavy atom. The minimum atomic E-state index is 0.917. The molecule has 150 heavy (non-hydrogen) atoms. The van der Waals surface area contributed by atoms with Crippen LogP contribution in [0.4, 0.5) is 0 Å². The number of pyridine rings is 3. The zero-order valence-electron chi connectivity index (χ0n) is 81.3. The Kier molecular flexibility index (Phi) is 19.0. The van der Waals surface area contributed by atoms with Crippen LogP contribution in [0.25, 0.3) is 299 Å². The van der Waals surface area contributed by atoms with Gasteiger partial charge in [0.25, 0.3) is 0 Å². The second kappa shape index (κ2) is 33.7. The van der Waals surface area contributed by atoms with E-state index < -0.39 is 0 Å². The molecular formula is C141H87N9. The van der Waals surface area contributed by atoms with Gasteiger partial charge in [-0.25, -0.2) is 15.0 Å². The molecule has 3 aliphatic carbocycles. The van der Waals surface area contributed by atoms with Crippen LogP contribution >= 0.6 is 0 Å². The summed E-state index contributed by atoms with van der Waals surface area (Å²) in [5.41, 5.74) is 48.8. The quantitative estimate of drug-likeness (QED) is 0.167. The smallest absolute Gasteiger partial charge is 0.145 e. The zero-order chi connectivity index (χ0) is 98.3. The van der Waals surface area contributed by atoms with Crippen LogP contribution in [0.1, 0.15) is 0 Å². The Hall–Kier alpha value is -20.1. The van der Waals surface area contributed by atoms with Gasteiger partial charge >= 0.3 is 0 Å². The molecular weight excluding hydrogens is 1820 g/mol. The minimum absolute atomic E-state index is 0.917. The number of benzene rings is 21. The summed E-state index contributed by atoms with van der Waals surface area (Å²) in [5, 5.41) is 13.3. The summed E-state index contributed by atoms with van der Waals surface area (Å²) in [4.78, 5) is 15.9. The van der Waals surface area contributed by atoms with Crippen LogP contribution in [0.3, 0.4) is 0 Å². The van der Waals surface area contributed by atoms with Crippen LogP contribution in [0.15, 0.2) is 528 Å². The summed E-state index contributed by atoms with van der Waals surface area (Å²) in [6, 6.07) is 187. The van der Waals surface area contributed by atoms with E-state index in [1.54, 1.807) is 0 Å². The highest BCUT2D eigenvalue weighted by atomic mass is 15.1. The van der Waals surface area contributed by atoms with Crippen molar-refractivity contribution in [3.8, 4) is 168 Å². The van der Waals surface area contributed by atoms with Crippen molar-refractivity contribution in [2.45, 2.75) is 0 Å². The Balaban J connectivity index is 0.000000101. The van der Waals surface area contributed by atoms with Gasteiger partial charge in [0.1, 0.15) is 17.3 Å². The Labute approximate surface area is 863 Å². The van der Waals surface area contributed by atoms with Crippen LogP contribution in [-0.2, 0) is 0 Å². The fourth-order valence-corrected chi connectivity index (χ4v) is 25.2. The molecule has 21 aromatic carbocycles. The van der Waals surface area contributed by atoms with E-state index in [0.717, 1.165) is 106 Å². The number of nitrogens with zero attached hydrogens (tertiary/aromatic N) is 9. The fourth-order valence-electron chi connectivity index (χ4n) is 25.2. The topological polar surface area (TPSA) is 68.2 Å². The first-order valence-electron chi connectivity index (χ1n) is 51.4. The summed E-state index contributed by atoms with van der Waals surface area (Å²) >= 11 is 0. The van der Waals surface area contributed by atoms with Gasteiger partial charge in [0.15, 0.2) is 0 Å².